The average Bonchev–Trinajstić information content (AvgIpc) is 3.58. The average molecular weight is 662 g/mol. The van der Waals surface area contributed by atoms with Gasteiger partial charge in [0.25, 0.3) is 0 Å². The first-order valence-electron chi connectivity index (χ1n) is 13.1. The molecule has 0 aliphatic rings. The molecular weight excluding hydrogens is 631 g/mol. The molecule has 0 saturated heterocycles. The van der Waals surface area contributed by atoms with Crippen LogP contribution in [0.5, 0.6) is 23.0 Å². The van der Waals surface area contributed by atoms with Gasteiger partial charge in [-0.05, 0) is 6.07 Å². The first-order chi connectivity index (χ1) is 20.1. The number of benzene rings is 2. The molecule has 4 aromatic rings. The Kier molecular flexibility index (Phi) is 10.3. The van der Waals surface area contributed by atoms with Crippen molar-refractivity contribution in [3.05, 3.63) is 45.7 Å². The fraction of sp³-hybridized carbons (Fsp3) is 0.333. The minimum atomic E-state index is -1.01. The van der Waals surface area contributed by atoms with Gasteiger partial charge in [0.2, 0.25) is 0 Å². The summed E-state index contributed by atoms with van der Waals surface area (Å²) in [5.41, 5.74) is 0. The van der Waals surface area contributed by atoms with Gasteiger partial charge < -0.3 is 5.11 Å². The second-order valence-corrected chi connectivity index (χ2v) is 12.9. The molecule has 0 spiro atoms. The summed E-state index contributed by atoms with van der Waals surface area (Å²) in [6, 6.07) is 10.8. The van der Waals surface area contributed by atoms with E-state index in [1.807, 2.05) is 12.1 Å². The Morgan fingerprint density at radius 2 is 1.45 bits per heavy atom. The number of carboxylic acid groups (broad SMARTS) is 2. The van der Waals surface area contributed by atoms with Gasteiger partial charge in [0, 0.05) is 11.1 Å². The molecule has 4 rings (SSSR count). The summed E-state index contributed by atoms with van der Waals surface area (Å²) in [5.74, 6) is -0.987. The zero-order valence-corrected chi connectivity index (χ0v) is 25.8. The van der Waals surface area contributed by atoms with E-state index in [4.69, 9.17) is 29.2 Å². The predicted molar refractivity (Wildman–Crippen MR) is 158 cm³/mol. The number of carboxylic acids is 2. The normalized spacial score (nSPS) is 11.8. The van der Waals surface area contributed by atoms with E-state index in [1.54, 1.807) is 31.4 Å². The second kappa shape index (κ2) is 13.9. The summed E-state index contributed by atoms with van der Waals surface area (Å²) in [7, 11) is 3.08. The van der Waals surface area contributed by atoms with Gasteiger partial charge in [-0.1, -0.05) is 0 Å². The zero-order valence-electron chi connectivity index (χ0n) is 23.3. The Labute approximate surface area is 251 Å². The topological polar surface area (TPSA) is 146 Å². The molecule has 0 radical (unpaired) electrons. The second-order valence-electron chi connectivity index (χ2n) is 9.54. The standard InChI is InChI=1S/C30H30O10SSe/c1-16(30(35)36)9-20(32)28-13-18-11-24(22(38-3)15-27(18)42-28)40-8-4-7-39-23-10-17-12-26(19(31)5-6-29(33)34)41-25(17)14-21(23)37-2/h10-16H,4-9H2,1-3H3,(H,33,34)(H,35,36). The molecule has 222 valence electrons. The Bertz CT molecular complexity index is 1640. The fourth-order valence-corrected chi connectivity index (χ4v) is 7.33. The summed E-state index contributed by atoms with van der Waals surface area (Å²) in [4.78, 5) is 47.4. The van der Waals surface area contributed by atoms with Crippen molar-refractivity contribution in [2.75, 3.05) is 27.4 Å². The van der Waals surface area contributed by atoms with Gasteiger partial charge in [-0.15, -0.1) is 11.3 Å². The molecule has 0 saturated carbocycles. The molecule has 1 unspecified atom stereocenters. The van der Waals surface area contributed by atoms with Crippen LogP contribution < -0.4 is 18.9 Å². The van der Waals surface area contributed by atoms with Gasteiger partial charge >= 0.3 is 185 Å². The van der Waals surface area contributed by atoms with Gasteiger partial charge in [0.15, 0.2) is 5.78 Å². The van der Waals surface area contributed by atoms with Crippen LogP contribution in [0, 0.1) is 5.92 Å². The molecule has 2 N–H and O–H groups in total. The molecule has 42 heavy (non-hydrogen) atoms. The number of ether oxygens (including phenoxy) is 4. The SMILES string of the molecule is COc1cc2sc(C(=O)CCC(=O)O)cc2cc1OCCCOc1cc2cc(C(=O)CC(C)C(=O)O)[se]c2cc1OC. The fourth-order valence-electron chi connectivity index (χ4n) is 4.15. The van der Waals surface area contributed by atoms with Gasteiger partial charge in [-0.25, -0.2) is 0 Å². The van der Waals surface area contributed by atoms with Crippen molar-refractivity contribution in [2.24, 2.45) is 5.92 Å². The first-order valence-corrected chi connectivity index (χ1v) is 15.6. The van der Waals surface area contributed by atoms with Crippen LogP contribution in [-0.4, -0.2) is 75.7 Å². The Morgan fingerprint density at radius 1 is 0.810 bits per heavy atom. The van der Waals surface area contributed by atoms with Crippen LogP contribution in [-0.2, 0) is 9.59 Å². The van der Waals surface area contributed by atoms with Crippen LogP contribution in [0.3, 0.4) is 0 Å². The van der Waals surface area contributed by atoms with Crippen molar-refractivity contribution in [3.8, 4) is 23.0 Å². The van der Waals surface area contributed by atoms with E-state index in [1.165, 1.54) is 25.4 Å². The molecule has 0 aliphatic carbocycles. The van der Waals surface area contributed by atoms with E-state index in [0.29, 0.717) is 51.9 Å². The third-order valence-corrected chi connectivity index (χ3v) is 9.97. The van der Waals surface area contributed by atoms with Gasteiger partial charge in [0.05, 0.1) is 18.4 Å². The molecule has 2 aromatic heterocycles. The van der Waals surface area contributed by atoms with E-state index in [-0.39, 0.29) is 45.3 Å². The molecule has 12 heteroatoms. The molecule has 2 aromatic carbocycles. The van der Waals surface area contributed by atoms with E-state index in [0.717, 1.165) is 19.7 Å². The van der Waals surface area contributed by atoms with Crippen molar-refractivity contribution < 1.29 is 48.3 Å². The van der Waals surface area contributed by atoms with Crippen molar-refractivity contribution >= 4 is 69.1 Å². The van der Waals surface area contributed by atoms with Crippen molar-refractivity contribution in [3.63, 3.8) is 0 Å². The number of hydrogen-bond donors (Lipinski definition) is 2. The van der Waals surface area contributed by atoms with E-state index < -0.39 is 17.9 Å². The number of aliphatic carboxylic acids is 2. The van der Waals surface area contributed by atoms with Gasteiger partial charge in [0.1, 0.15) is 0 Å². The summed E-state index contributed by atoms with van der Waals surface area (Å²) < 4.78 is 25.4. The van der Waals surface area contributed by atoms with Crippen LogP contribution in [0.1, 0.15) is 51.5 Å². The number of carbonyl (C=O) groups is 4. The van der Waals surface area contributed by atoms with Crippen LogP contribution in [0.4, 0.5) is 0 Å². The molecule has 0 fully saturated rings. The van der Waals surface area contributed by atoms with Gasteiger partial charge in [-0.3, -0.25) is 9.59 Å². The minimum absolute atomic E-state index is 0.0341. The molecule has 0 aliphatic heterocycles. The molecular formula is C30H30O10SSe. The summed E-state index contributed by atoms with van der Waals surface area (Å²) in [6.07, 6.45) is 0.241. The Morgan fingerprint density at radius 3 is 2.07 bits per heavy atom. The van der Waals surface area contributed by atoms with Crippen LogP contribution in [0.25, 0.3) is 19.7 Å². The van der Waals surface area contributed by atoms with Crippen molar-refractivity contribution in [2.45, 2.75) is 32.6 Å². The van der Waals surface area contributed by atoms with Gasteiger partial charge in [-0.2, -0.15) is 0 Å². The summed E-state index contributed by atoms with van der Waals surface area (Å²) >= 11 is 1.05. The number of fused-ring (bicyclic) bond motifs is 2. The molecule has 2 heterocycles. The van der Waals surface area contributed by atoms with Crippen LogP contribution >= 0.6 is 11.3 Å². The van der Waals surface area contributed by atoms with E-state index in [9.17, 15) is 19.2 Å². The predicted octanol–water partition coefficient (Wildman–Crippen LogP) is 5.32. The van der Waals surface area contributed by atoms with Crippen LogP contribution in [0.2, 0.25) is 0 Å². The number of methoxy groups -OCH3 is 2. The monoisotopic (exact) mass is 662 g/mol. The summed E-state index contributed by atoms with van der Waals surface area (Å²) in [5, 5.41) is 19.6. The number of Topliss-reactive ketones (excluding diaryl/α,β-unsaturated/α-hetero) is 2. The quantitative estimate of drug-likeness (QED) is 0.0920. The molecule has 10 nitrogen and oxygen atoms in total. The van der Waals surface area contributed by atoms with E-state index in [2.05, 4.69) is 0 Å². The number of rotatable bonds is 16. The number of ketones is 2. The summed E-state index contributed by atoms with van der Waals surface area (Å²) in [6.45, 7) is 2.18. The van der Waals surface area contributed by atoms with Crippen molar-refractivity contribution in [1.82, 2.24) is 0 Å². The third-order valence-electron chi connectivity index (χ3n) is 6.44. The molecule has 0 amide bonds. The number of hydrogen-bond acceptors (Lipinski definition) is 9. The number of thiophene rings is 1. The first kappa shape index (κ1) is 31.1. The third kappa shape index (κ3) is 7.50. The Balaban J connectivity index is 1.37. The zero-order chi connectivity index (χ0) is 30.4. The van der Waals surface area contributed by atoms with Crippen LogP contribution in [0.15, 0.2) is 36.4 Å². The van der Waals surface area contributed by atoms with E-state index >= 15 is 0 Å². The molecule has 0 bridgehead atoms. The number of carbonyl (C=O) groups excluding carboxylic acids is 2. The molecule has 1 atom stereocenters. The van der Waals surface area contributed by atoms with Crippen molar-refractivity contribution in [1.29, 1.82) is 0 Å². The maximum absolute atomic E-state index is 12.6. The maximum atomic E-state index is 12.6. The Hall–Kier alpha value is -3.86.